The number of nitrogens with zero attached hydrogens (tertiary/aromatic N) is 3. The van der Waals surface area contributed by atoms with Crippen LogP contribution < -0.4 is 15.2 Å². The summed E-state index contributed by atoms with van der Waals surface area (Å²) in [4.78, 5) is 14.5. The number of morpholine rings is 1. The van der Waals surface area contributed by atoms with Gasteiger partial charge in [0.1, 0.15) is 5.82 Å². The van der Waals surface area contributed by atoms with Crippen molar-refractivity contribution >= 4 is 23.0 Å². The zero-order valence-electron chi connectivity index (χ0n) is 18.3. The van der Waals surface area contributed by atoms with Crippen LogP contribution >= 0.6 is 0 Å². The minimum absolute atomic E-state index is 0.0646. The number of hydrogen-bond acceptors (Lipinski definition) is 5. The standard InChI is InChI=1S/C24H29FN4O2/c1-16-10-11-29(27-16)21-7-5-20(6-8-21)24(30)26-13-19-4-9-23(22(25)12-19)28-14-17(2)31-18(3)15-28/h4-9,12,17-18H,10-11,13-15H2,1-3H3,(H,26,30). The highest BCUT2D eigenvalue weighted by molar-refractivity contribution is 5.94. The van der Waals surface area contributed by atoms with Gasteiger partial charge in [-0.2, -0.15) is 5.10 Å². The van der Waals surface area contributed by atoms with Crippen molar-refractivity contribution in [1.82, 2.24) is 5.32 Å². The maximum atomic E-state index is 14.7. The molecule has 164 valence electrons. The number of anilines is 2. The van der Waals surface area contributed by atoms with E-state index in [4.69, 9.17) is 4.74 Å². The van der Waals surface area contributed by atoms with E-state index in [0.717, 1.165) is 29.9 Å². The molecule has 2 aromatic carbocycles. The molecule has 0 spiro atoms. The van der Waals surface area contributed by atoms with Crippen LogP contribution in [0.25, 0.3) is 0 Å². The third-order valence-electron chi connectivity index (χ3n) is 5.63. The molecule has 6 nitrogen and oxygen atoms in total. The van der Waals surface area contributed by atoms with Gasteiger partial charge in [-0.3, -0.25) is 9.80 Å². The average molecular weight is 425 g/mol. The average Bonchev–Trinajstić information content (AvgIpc) is 3.18. The second kappa shape index (κ2) is 9.06. The Hall–Kier alpha value is -2.93. The Bertz CT molecular complexity index is 966. The summed E-state index contributed by atoms with van der Waals surface area (Å²) in [6.45, 7) is 8.46. The summed E-state index contributed by atoms with van der Waals surface area (Å²) in [5.74, 6) is -0.466. The summed E-state index contributed by atoms with van der Waals surface area (Å²) >= 11 is 0. The number of nitrogens with one attached hydrogen (secondary N) is 1. The number of amides is 1. The molecule has 0 aliphatic carbocycles. The van der Waals surface area contributed by atoms with E-state index in [-0.39, 0.29) is 30.5 Å². The largest absolute Gasteiger partial charge is 0.372 e. The first-order valence-corrected chi connectivity index (χ1v) is 10.8. The van der Waals surface area contributed by atoms with E-state index in [1.54, 1.807) is 18.2 Å². The van der Waals surface area contributed by atoms with Crippen molar-refractivity contribution in [2.45, 2.75) is 45.9 Å². The van der Waals surface area contributed by atoms with Crippen LogP contribution in [0.5, 0.6) is 0 Å². The van der Waals surface area contributed by atoms with Crippen LogP contribution in [0.4, 0.5) is 15.8 Å². The first kappa shape index (κ1) is 21.3. The van der Waals surface area contributed by atoms with Crippen molar-refractivity contribution in [2.24, 2.45) is 5.10 Å². The Morgan fingerprint density at radius 2 is 1.87 bits per heavy atom. The van der Waals surface area contributed by atoms with E-state index < -0.39 is 0 Å². The summed E-state index contributed by atoms with van der Waals surface area (Å²) < 4.78 is 20.5. The molecule has 1 amide bonds. The normalized spacial score (nSPS) is 21.2. The Kier molecular flexibility index (Phi) is 6.23. The second-order valence-electron chi connectivity index (χ2n) is 8.39. The van der Waals surface area contributed by atoms with Crippen LogP contribution in [-0.2, 0) is 11.3 Å². The zero-order valence-corrected chi connectivity index (χ0v) is 18.3. The molecule has 0 radical (unpaired) electrons. The van der Waals surface area contributed by atoms with Gasteiger partial charge in [0.05, 0.1) is 23.6 Å². The lowest BCUT2D eigenvalue weighted by atomic mass is 10.1. The predicted molar refractivity (Wildman–Crippen MR) is 121 cm³/mol. The summed E-state index contributed by atoms with van der Waals surface area (Å²) in [7, 11) is 0. The molecule has 31 heavy (non-hydrogen) atoms. The van der Waals surface area contributed by atoms with Crippen LogP contribution in [0, 0.1) is 5.82 Å². The van der Waals surface area contributed by atoms with Crippen LogP contribution in [0.3, 0.4) is 0 Å². The number of halogens is 1. The molecule has 0 aromatic heterocycles. The molecule has 7 heteroatoms. The molecule has 2 aliphatic rings. The molecule has 2 unspecified atom stereocenters. The number of carbonyl (C=O) groups is 1. The third-order valence-corrected chi connectivity index (χ3v) is 5.63. The molecule has 1 N–H and O–H groups in total. The third kappa shape index (κ3) is 5.05. The molecular weight excluding hydrogens is 395 g/mol. The fourth-order valence-corrected chi connectivity index (χ4v) is 4.12. The zero-order chi connectivity index (χ0) is 22.0. The number of hydrazone groups is 1. The molecule has 1 fully saturated rings. The lowest BCUT2D eigenvalue weighted by Crippen LogP contribution is -2.45. The van der Waals surface area contributed by atoms with Crippen LogP contribution in [0.15, 0.2) is 47.6 Å². The highest BCUT2D eigenvalue weighted by atomic mass is 19.1. The van der Waals surface area contributed by atoms with E-state index in [1.165, 1.54) is 6.07 Å². The molecule has 2 heterocycles. The van der Waals surface area contributed by atoms with E-state index in [9.17, 15) is 9.18 Å². The van der Waals surface area contributed by atoms with Gasteiger partial charge in [-0.25, -0.2) is 4.39 Å². The molecule has 4 rings (SSSR count). The van der Waals surface area contributed by atoms with Gasteiger partial charge in [0.25, 0.3) is 5.91 Å². The van der Waals surface area contributed by atoms with Gasteiger partial charge in [0.15, 0.2) is 0 Å². The minimum atomic E-state index is -0.279. The van der Waals surface area contributed by atoms with Crippen molar-refractivity contribution in [2.75, 3.05) is 29.5 Å². The minimum Gasteiger partial charge on any atom is -0.372 e. The first-order chi connectivity index (χ1) is 14.9. The van der Waals surface area contributed by atoms with Gasteiger partial charge in [-0.1, -0.05) is 6.07 Å². The van der Waals surface area contributed by atoms with Gasteiger partial charge < -0.3 is 15.0 Å². The van der Waals surface area contributed by atoms with Crippen molar-refractivity contribution in [3.8, 4) is 0 Å². The lowest BCUT2D eigenvalue weighted by molar-refractivity contribution is -0.00539. The molecule has 2 aromatic rings. The topological polar surface area (TPSA) is 57.2 Å². The molecule has 0 bridgehead atoms. The van der Waals surface area contributed by atoms with Crippen LogP contribution in [0.2, 0.25) is 0 Å². The van der Waals surface area contributed by atoms with E-state index in [0.29, 0.717) is 24.3 Å². The lowest BCUT2D eigenvalue weighted by Gasteiger charge is -2.37. The highest BCUT2D eigenvalue weighted by Gasteiger charge is 2.24. The van der Waals surface area contributed by atoms with Crippen molar-refractivity contribution < 1.29 is 13.9 Å². The van der Waals surface area contributed by atoms with Gasteiger partial charge >= 0.3 is 0 Å². The fraction of sp³-hybridized carbons (Fsp3) is 0.417. The number of hydrogen-bond donors (Lipinski definition) is 1. The Morgan fingerprint density at radius 1 is 1.16 bits per heavy atom. The monoisotopic (exact) mass is 424 g/mol. The Labute approximate surface area is 182 Å². The van der Waals surface area contributed by atoms with Gasteiger partial charge in [0, 0.05) is 43.9 Å². The van der Waals surface area contributed by atoms with E-state index in [2.05, 4.69) is 10.4 Å². The van der Waals surface area contributed by atoms with E-state index >= 15 is 0 Å². The summed E-state index contributed by atoms with van der Waals surface area (Å²) in [6, 6.07) is 12.5. The second-order valence-corrected chi connectivity index (χ2v) is 8.39. The van der Waals surface area contributed by atoms with E-state index in [1.807, 2.05) is 48.9 Å². The number of benzene rings is 2. The molecule has 2 aliphatic heterocycles. The molecule has 2 atom stereocenters. The summed E-state index contributed by atoms with van der Waals surface area (Å²) in [6.07, 6.45) is 1.09. The predicted octanol–water partition coefficient (Wildman–Crippen LogP) is 3.96. The smallest absolute Gasteiger partial charge is 0.251 e. The van der Waals surface area contributed by atoms with Crippen molar-refractivity contribution in [3.05, 3.63) is 59.4 Å². The highest BCUT2D eigenvalue weighted by Crippen LogP contribution is 2.25. The van der Waals surface area contributed by atoms with Crippen molar-refractivity contribution in [3.63, 3.8) is 0 Å². The van der Waals surface area contributed by atoms with Crippen LogP contribution in [0.1, 0.15) is 43.1 Å². The molecular formula is C24H29FN4O2. The molecule has 0 saturated carbocycles. The first-order valence-electron chi connectivity index (χ1n) is 10.8. The Morgan fingerprint density at radius 3 is 2.48 bits per heavy atom. The number of rotatable bonds is 5. The number of carbonyl (C=O) groups excluding carboxylic acids is 1. The summed E-state index contributed by atoms with van der Waals surface area (Å²) in [5.41, 5.74) is 3.95. The maximum absolute atomic E-state index is 14.7. The number of ether oxygens (including phenoxy) is 1. The van der Waals surface area contributed by atoms with Crippen LogP contribution in [-0.4, -0.2) is 43.5 Å². The SMILES string of the molecule is CC1=NN(c2ccc(C(=O)NCc3ccc(N4CC(C)OC(C)C4)c(F)c3)cc2)CC1. The quantitative estimate of drug-likeness (QED) is 0.790. The van der Waals surface area contributed by atoms with Gasteiger partial charge in [0.2, 0.25) is 0 Å². The molecule has 1 saturated heterocycles. The Balaban J connectivity index is 1.35. The summed E-state index contributed by atoms with van der Waals surface area (Å²) in [5, 5.41) is 9.28. The van der Waals surface area contributed by atoms with Gasteiger partial charge in [-0.05, 0) is 62.7 Å². The fourth-order valence-electron chi connectivity index (χ4n) is 4.12. The van der Waals surface area contributed by atoms with Crippen molar-refractivity contribution in [1.29, 1.82) is 0 Å². The maximum Gasteiger partial charge on any atom is 0.251 e. The van der Waals surface area contributed by atoms with Gasteiger partial charge in [-0.15, -0.1) is 0 Å².